The first-order chi connectivity index (χ1) is 10.6. The van der Waals surface area contributed by atoms with E-state index in [9.17, 15) is 4.79 Å². The molecule has 0 aromatic carbocycles. The summed E-state index contributed by atoms with van der Waals surface area (Å²) in [5.41, 5.74) is -0.421. The average Bonchev–Trinajstić information content (AvgIpc) is 2.63. The Balaban J connectivity index is 2.87. The van der Waals surface area contributed by atoms with E-state index in [1.165, 1.54) is 6.21 Å². The zero-order valence-corrected chi connectivity index (χ0v) is 15.2. The first-order valence-electron chi connectivity index (χ1n) is 8.04. The van der Waals surface area contributed by atoms with E-state index in [1.54, 1.807) is 13.1 Å². The number of nitrogens with one attached hydrogen (secondary N) is 2. The van der Waals surface area contributed by atoms with Gasteiger partial charge >= 0.3 is 13.1 Å². The molecule has 1 saturated heterocycles. The van der Waals surface area contributed by atoms with Gasteiger partial charge in [-0.3, -0.25) is 0 Å². The van der Waals surface area contributed by atoms with Gasteiger partial charge in [0.05, 0.1) is 17.8 Å². The van der Waals surface area contributed by atoms with Crippen molar-refractivity contribution in [3.05, 3.63) is 11.7 Å². The number of esters is 1. The van der Waals surface area contributed by atoms with Crippen LogP contribution in [0.3, 0.4) is 0 Å². The molecule has 7 heteroatoms. The third-order valence-corrected chi connectivity index (χ3v) is 4.33. The van der Waals surface area contributed by atoms with Crippen LogP contribution in [-0.2, 0) is 18.8 Å². The minimum absolute atomic E-state index is 0.0515. The van der Waals surface area contributed by atoms with Crippen LogP contribution in [0.5, 0.6) is 0 Å². The zero-order valence-electron chi connectivity index (χ0n) is 15.2. The SMILES string of the molecule is CCOC(=O)C(N/C=C(\C=N)B1OC(C)(C)C(C)(C)O1)C(C)C. The smallest absolute Gasteiger partial charge is 0.464 e. The van der Waals surface area contributed by atoms with Crippen molar-refractivity contribution in [2.45, 2.75) is 65.7 Å². The lowest BCUT2D eigenvalue weighted by Crippen LogP contribution is -2.41. The number of ether oxygens (including phenoxy) is 1. The van der Waals surface area contributed by atoms with Crippen molar-refractivity contribution in [2.75, 3.05) is 6.61 Å². The summed E-state index contributed by atoms with van der Waals surface area (Å²) in [7, 11) is -0.639. The molecule has 1 aliphatic heterocycles. The molecule has 0 spiro atoms. The topological polar surface area (TPSA) is 80.6 Å². The summed E-state index contributed by atoms with van der Waals surface area (Å²) in [5, 5.41) is 10.7. The van der Waals surface area contributed by atoms with Crippen LogP contribution in [0.15, 0.2) is 11.7 Å². The van der Waals surface area contributed by atoms with E-state index in [2.05, 4.69) is 5.32 Å². The second-order valence-electron chi connectivity index (χ2n) is 7.02. The molecule has 0 amide bonds. The molecular weight excluding hydrogens is 295 g/mol. The van der Waals surface area contributed by atoms with Gasteiger partial charge in [0, 0.05) is 11.7 Å². The third kappa shape index (κ3) is 4.58. The molecule has 0 bridgehead atoms. The van der Waals surface area contributed by atoms with E-state index < -0.39 is 24.4 Å². The molecule has 1 heterocycles. The molecule has 130 valence electrons. The van der Waals surface area contributed by atoms with Crippen molar-refractivity contribution in [1.82, 2.24) is 5.32 Å². The van der Waals surface area contributed by atoms with Gasteiger partial charge in [0.25, 0.3) is 0 Å². The number of rotatable bonds is 7. The fourth-order valence-electron chi connectivity index (χ4n) is 2.11. The molecule has 23 heavy (non-hydrogen) atoms. The number of carbonyl (C=O) groups is 1. The molecule has 2 N–H and O–H groups in total. The van der Waals surface area contributed by atoms with Crippen molar-refractivity contribution in [3.8, 4) is 0 Å². The molecule has 1 unspecified atom stereocenters. The van der Waals surface area contributed by atoms with Crippen LogP contribution in [0.2, 0.25) is 0 Å². The summed E-state index contributed by atoms with van der Waals surface area (Å²) in [6.07, 6.45) is 2.79. The largest absolute Gasteiger partial charge is 0.497 e. The minimum atomic E-state index is -0.639. The Morgan fingerprint density at radius 1 is 1.26 bits per heavy atom. The number of hydrogen-bond acceptors (Lipinski definition) is 6. The van der Waals surface area contributed by atoms with Crippen molar-refractivity contribution < 1.29 is 18.8 Å². The van der Waals surface area contributed by atoms with Gasteiger partial charge in [-0.15, -0.1) is 0 Å². The lowest BCUT2D eigenvalue weighted by Gasteiger charge is -2.32. The van der Waals surface area contributed by atoms with Gasteiger partial charge in [0.2, 0.25) is 0 Å². The molecule has 0 aromatic rings. The summed E-state index contributed by atoms with van der Waals surface area (Å²) in [6.45, 7) is 13.8. The molecule has 0 aliphatic carbocycles. The molecule has 0 aromatic heterocycles. The first-order valence-corrected chi connectivity index (χ1v) is 8.04. The van der Waals surface area contributed by atoms with Gasteiger partial charge in [0.1, 0.15) is 6.04 Å². The predicted octanol–water partition coefficient (Wildman–Crippen LogP) is 2.33. The summed E-state index contributed by atoms with van der Waals surface area (Å²) in [6, 6.07) is -0.479. The van der Waals surface area contributed by atoms with Crippen LogP contribution >= 0.6 is 0 Å². The highest BCUT2D eigenvalue weighted by Crippen LogP contribution is 2.38. The minimum Gasteiger partial charge on any atom is -0.464 e. The third-order valence-electron chi connectivity index (χ3n) is 4.33. The van der Waals surface area contributed by atoms with E-state index in [1.807, 2.05) is 41.5 Å². The molecule has 6 nitrogen and oxygen atoms in total. The van der Waals surface area contributed by atoms with Gasteiger partial charge in [-0.1, -0.05) is 13.8 Å². The highest BCUT2D eigenvalue weighted by Gasteiger charge is 2.52. The number of allylic oxidation sites excluding steroid dienone is 1. The van der Waals surface area contributed by atoms with Crippen LogP contribution in [0.4, 0.5) is 0 Å². The summed E-state index contributed by atoms with van der Waals surface area (Å²) < 4.78 is 16.9. The summed E-state index contributed by atoms with van der Waals surface area (Å²) >= 11 is 0. The van der Waals surface area contributed by atoms with Gasteiger partial charge in [-0.2, -0.15) is 0 Å². The molecule has 1 fully saturated rings. The number of hydrogen-bond donors (Lipinski definition) is 2. The van der Waals surface area contributed by atoms with E-state index >= 15 is 0 Å². The lowest BCUT2D eigenvalue weighted by molar-refractivity contribution is -0.146. The van der Waals surface area contributed by atoms with Crippen molar-refractivity contribution >= 4 is 19.3 Å². The van der Waals surface area contributed by atoms with Crippen molar-refractivity contribution in [2.24, 2.45) is 5.92 Å². The second kappa shape index (κ2) is 7.49. The molecule has 0 radical (unpaired) electrons. The highest BCUT2D eigenvalue weighted by molar-refractivity contribution is 6.60. The van der Waals surface area contributed by atoms with Crippen LogP contribution in [0.25, 0.3) is 0 Å². The van der Waals surface area contributed by atoms with Crippen LogP contribution < -0.4 is 5.32 Å². The Morgan fingerprint density at radius 2 is 1.78 bits per heavy atom. The maximum absolute atomic E-state index is 12.0. The maximum atomic E-state index is 12.0. The molecule has 0 saturated carbocycles. The Bertz CT molecular complexity index is 459. The van der Waals surface area contributed by atoms with Crippen molar-refractivity contribution in [3.63, 3.8) is 0 Å². The Labute approximate surface area is 139 Å². The Morgan fingerprint density at radius 3 is 2.17 bits per heavy atom. The van der Waals surface area contributed by atoms with Gasteiger partial charge in [-0.05, 0) is 46.7 Å². The van der Waals surface area contributed by atoms with Crippen LogP contribution in [0.1, 0.15) is 48.5 Å². The quantitative estimate of drug-likeness (QED) is 0.427. The zero-order chi connectivity index (χ0) is 17.8. The monoisotopic (exact) mass is 324 g/mol. The Kier molecular flexibility index (Phi) is 6.42. The predicted molar refractivity (Wildman–Crippen MR) is 91.3 cm³/mol. The van der Waals surface area contributed by atoms with Gasteiger partial charge in [0.15, 0.2) is 0 Å². The molecule has 1 rings (SSSR count). The van der Waals surface area contributed by atoms with E-state index in [0.29, 0.717) is 12.1 Å². The second-order valence-corrected chi connectivity index (χ2v) is 7.02. The highest BCUT2D eigenvalue weighted by atomic mass is 16.7. The maximum Gasteiger partial charge on any atom is 0.497 e. The van der Waals surface area contributed by atoms with Crippen molar-refractivity contribution in [1.29, 1.82) is 5.41 Å². The summed E-state index contributed by atoms with van der Waals surface area (Å²) in [4.78, 5) is 12.0. The number of carbonyl (C=O) groups excluding carboxylic acids is 1. The standard InChI is InChI=1S/C16H29BN2O4/c1-8-21-14(20)13(11(2)3)19-10-12(9-18)17-22-15(4,5)16(6,7)23-17/h9-11,13,18-19H,8H2,1-7H3/b12-10+,18-9?. The van der Waals surface area contributed by atoms with Gasteiger partial charge < -0.3 is 24.8 Å². The lowest BCUT2D eigenvalue weighted by atomic mass is 9.79. The molecule has 1 aliphatic rings. The molecule has 1 atom stereocenters. The van der Waals surface area contributed by atoms with Crippen LogP contribution in [-0.4, -0.2) is 43.2 Å². The fraction of sp³-hybridized carbons (Fsp3) is 0.750. The van der Waals surface area contributed by atoms with E-state index in [4.69, 9.17) is 19.5 Å². The first kappa shape index (κ1) is 19.7. The van der Waals surface area contributed by atoms with Crippen LogP contribution in [0, 0.1) is 11.3 Å². The van der Waals surface area contributed by atoms with E-state index in [-0.39, 0.29) is 11.9 Å². The molecular formula is C16H29BN2O4. The van der Waals surface area contributed by atoms with E-state index in [0.717, 1.165) is 0 Å². The van der Waals surface area contributed by atoms with Gasteiger partial charge in [-0.25, -0.2) is 4.79 Å². The summed E-state index contributed by atoms with van der Waals surface area (Å²) in [5.74, 6) is -0.257. The normalized spacial score (nSPS) is 21.2. The Hall–Kier alpha value is -1.34. The average molecular weight is 324 g/mol. The fourth-order valence-corrected chi connectivity index (χ4v) is 2.11.